The molecule has 1 aromatic carbocycles. The third-order valence-electron chi connectivity index (χ3n) is 3.93. The van der Waals surface area contributed by atoms with Gasteiger partial charge in [-0.05, 0) is 50.6 Å². The smallest absolute Gasteiger partial charge is 0.254 e. The zero-order chi connectivity index (χ0) is 19.2. The first kappa shape index (κ1) is 18.6. The number of hydrogen-bond donors (Lipinski definition) is 0. The lowest BCUT2D eigenvalue weighted by Crippen LogP contribution is -2.22. The zero-order valence-electron chi connectivity index (χ0n) is 15.8. The van der Waals surface area contributed by atoms with Gasteiger partial charge in [0.05, 0.1) is 12.6 Å². The van der Waals surface area contributed by atoms with Gasteiger partial charge in [0.1, 0.15) is 18.1 Å². The summed E-state index contributed by atoms with van der Waals surface area (Å²) in [7, 11) is 0. The summed E-state index contributed by atoms with van der Waals surface area (Å²) in [4.78, 5) is 20.7. The summed E-state index contributed by atoms with van der Waals surface area (Å²) in [6.45, 7) is 6.59. The van der Waals surface area contributed by atoms with Crippen LogP contribution in [-0.2, 0) is 13.2 Å². The molecule has 0 saturated carbocycles. The zero-order valence-corrected chi connectivity index (χ0v) is 15.8. The van der Waals surface area contributed by atoms with Crippen molar-refractivity contribution < 1.29 is 9.47 Å². The van der Waals surface area contributed by atoms with Gasteiger partial charge >= 0.3 is 0 Å². The number of aryl methyl sites for hydroxylation is 1. The second-order valence-corrected chi connectivity index (χ2v) is 6.52. The minimum atomic E-state index is -0.110. The summed E-state index contributed by atoms with van der Waals surface area (Å²) in [6, 6.07) is 12.9. The molecule has 0 radical (unpaired) electrons. The molecule has 6 nitrogen and oxygen atoms in total. The average molecular weight is 365 g/mol. The Kier molecular flexibility index (Phi) is 5.86. The number of aromatic nitrogens is 3. The predicted octanol–water partition coefficient (Wildman–Crippen LogP) is 3.36. The van der Waals surface area contributed by atoms with Crippen LogP contribution < -0.4 is 15.0 Å². The van der Waals surface area contributed by atoms with Crippen LogP contribution in [0.2, 0.25) is 0 Å². The second-order valence-electron chi connectivity index (χ2n) is 6.52. The predicted molar refractivity (Wildman–Crippen MR) is 103 cm³/mol. The van der Waals surface area contributed by atoms with Crippen LogP contribution >= 0.6 is 0 Å². The lowest BCUT2D eigenvalue weighted by Gasteiger charge is -2.13. The molecule has 0 aliphatic heterocycles. The second kappa shape index (κ2) is 8.49. The molecule has 2 aromatic heterocycles. The third-order valence-corrected chi connectivity index (χ3v) is 3.93. The maximum absolute atomic E-state index is 12.5. The molecule has 0 bridgehead atoms. The van der Waals surface area contributed by atoms with E-state index < -0.39 is 0 Å². The first-order valence-electron chi connectivity index (χ1n) is 8.87. The third kappa shape index (κ3) is 5.17. The lowest BCUT2D eigenvalue weighted by atomic mass is 10.2. The topological polar surface area (TPSA) is 66.2 Å². The summed E-state index contributed by atoms with van der Waals surface area (Å²) in [5.41, 5.74) is 1.75. The number of benzene rings is 1. The molecule has 0 fully saturated rings. The van der Waals surface area contributed by atoms with Crippen LogP contribution in [0.5, 0.6) is 11.5 Å². The van der Waals surface area contributed by atoms with Crippen molar-refractivity contribution in [3.8, 4) is 11.5 Å². The van der Waals surface area contributed by atoms with Crippen LogP contribution in [0.4, 0.5) is 0 Å². The molecule has 3 aromatic rings. The first-order valence-corrected chi connectivity index (χ1v) is 8.87. The van der Waals surface area contributed by atoms with Crippen molar-refractivity contribution in [1.29, 1.82) is 0 Å². The number of nitrogens with zero attached hydrogens (tertiary/aromatic N) is 3. The van der Waals surface area contributed by atoms with Crippen LogP contribution in [0.15, 0.2) is 59.7 Å². The van der Waals surface area contributed by atoms with Crippen molar-refractivity contribution in [3.63, 3.8) is 0 Å². The van der Waals surface area contributed by atoms with E-state index in [-0.39, 0.29) is 18.3 Å². The van der Waals surface area contributed by atoms with Gasteiger partial charge in [-0.1, -0.05) is 12.1 Å². The molecule has 0 N–H and O–H groups in total. The van der Waals surface area contributed by atoms with Gasteiger partial charge in [0, 0.05) is 24.2 Å². The fraction of sp³-hybridized carbons (Fsp3) is 0.286. The molecule has 2 heterocycles. The van der Waals surface area contributed by atoms with E-state index in [9.17, 15) is 4.79 Å². The molecule has 0 aliphatic rings. The quantitative estimate of drug-likeness (QED) is 0.642. The maximum atomic E-state index is 12.5. The largest absolute Gasteiger partial charge is 0.491 e. The van der Waals surface area contributed by atoms with E-state index in [0.717, 1.165) is 17.0 Å². The molecule has 6 heteroatoms. The van der Waals surface area contributed by atoms with Crippen molar-refractivity contribution in [3.05, 3.63) is 82.3 Å². The Hall–Kier alpha value is -3.15. The van der Waals surface area contributed by atoms with Gasteiger partial charge in [0.25, 0.3) is 5.56 Å². The Morgan fingerprint density at radius 3 is 2.37 bits per heavy atom. The lowest BCUT2D eigenvalue weighted by molar-refractivity contribution is 0.242. The molecule has 0 amide bonds. The normalized spacial score (nSPS) is 10.8. The van der Waals surface area contributed by atoms with Crippen molar-refractivity contribution >= 4 is 0 Å². The van der Waals surface area contributed by atoms with Crippen molar-refractivity contribution in [2.24, 2.45) is 0 Å². The van der Waals surface area contributed by atoms with Gasteiger partial charge in [0.15, 0.2) is 5.82 Å². The molecule has 140 valence electrons. The monoisotopic (exact) mass is 365 g/mol. The minimum Gasteiger partial charge on any atom is -0.491 e. The molecular formula is C21H23N3O3. The van der Waals surface area contributed by atoms with E-state index in [0.29, 0.717) is 18.1 Å². The van der Waals surface area contributed by atoms with E-state index in [1.165, 1.54) is 6.07 Å². The first-order chi connectivity index (χ1) is 13.0. The highest BCUT2D eigenvalue weighted by Gasteiger charge is 2.07. The fourth-order valence-electron chi connectivity index (χ4n) is 2.67. The van der Waals surface area contributed by atoms with Crippen LogP contribution in [0.1, 0.15) is 30.9 Å². The summed E-state index contributed by atoms with van der Waals surface area (Å²) in [5.74, 6) is 1.91. The summed E-state index contributed by atoms with van der Waals surface area (Å²) >= 11 is 0. The van der Waals surface area contributed by atoms with Gasteiger partial charge in [-0.3, -0.25) is 4.79 Å². The van der Waals surface area contributed by atoms with Gasteiger partial charge < -0.3 is 14.0 Å². The van der Waals surface area contributed by atoms with E-state index >= 15 is 0 Å². The van der Waals surface area contributed by atoms with Gasteiger partial charge in [-0.15, -0.1) is 0 Å². The summed E-state index contributed by atoms with van der Waals surface area (Å²) < 4.78 is 13.0. The Bertz CT molecular complexity index is 935. The van der Waals surface area contributed by atoms with E-state index in [1.54, 1.807) is 23.0 Å². The highest BCUT2D eigenvalue weighted by atomic mass is 16.5. The molecule has 0 saturated heterocycles. The number of pyridine rings is 1. The average Bonchev–Trinajstić information content (AvgIpc) is 2.65. The maximum Gasteiger partial charge on any atom is 0.254 e. The summed E-state index contributed by atoms with van der Waals surface area (Å²) in [6.07, 6.45) is 3.45. The van der Waals surface area contributed by atoms with E-state index in [4.69, 9.17) is 9.47 Å². The standard InChI is InChI=1S/C21H23N3O3/c1-15(2)27-18-7-5-17(6-8-18)13-24-16(3)11-19(12-21(24)25)26-14-20-22-9-4-10-23-20/h4-12,15H,13-14H2,1-3H3. The number of rotatable bonds is 7. The highest BCUT2D eigenvalue weighted by Crippen LogP contribution is 2.16. The van der Waals surface area contributed by atoms with E-state index in [2.05, 4.69) is 9.97 Å². The van der Waals surface area contributed by atoms with Crippen LogP contribution in [0.25, 0.3) is 0 Å². The Morgan fingerprint density at radius 2 is 1.74 bits per heavy atom. The van der Waals surface area contributed by atoms with Crippen LogP contribution in [0, 0.1) is 6.92 Å². The fourth-order valence-corrected chi connectivity index (χ4v) is 2.67. The Balaban J connectivity index is 1.70. The molecular weight excluding hydrogens is 342 g/mol. The molecule has 0 atom stereocenters. The number of hydrogen-bond acceptors (Lipinski definition) is 5. The van der Waals surface area contributed by atoms with Crippen LogP contribution in [-0.4, -0.2) is 20.6 Å². The molecule has 0 unspecified atom stereocenters. The van der Waals surface area contributed by atoms with Crippen molar-refractivity contribution in [2.75, 3.05) is 0 Å². The summed E-state index contributed by atoms with van der Waals surface area (Å²) in [5, 5.41) is 0. The molecule has 0 spiro atoms. The van der Waals surface area contributed by atoms with Gasteiger partial charge in [0.2, 0.25) is 0 Å². The highest BCUT2D eigenvalue weighted by molar-refractivity contribution is 5.29. The molecule has 3 rings (SSSR count). The Labute approximate surface area is 158 Å². The van der Waals surface area contributed by atoms with Crippen LogP contribution in [0.3, 0.4) is 0 Å². The van der Waals surface area contributed by atoms with Gasteiger partial charge in [-0.25, -0.2) is 9.97 Å². The Morgan fingerprint density at radius 1 is 1.04 bits per heavy atom. The van der Waals surface area contributed by atoms with E-state index in [1.807, 2.05) is 51.1 Å². The minimum absolute atomic E-state index is 0.110. The van der Waals surface area contributed by atoms with Crippen molar-refractivity contribution in [1.82, 2.24) is 14.5 Å². The van der Waals surface area contributed by atoms with Gasteiger partial charge in [-0.2, -0.15) is 0 Å². The molecule has 0 aliphatic carbocycles. The number of ether oxygens (including phenoxy) is 2. The molecule has 27 heavy (non-hydrogen) atoms. The SMILES string of the molecule is Cc1cc(OCc2ncccn2)cc(=O)n1Cc1ccc(OC(C)C)cc1. The van der Waals surface area contributed by atoms with Crippen molar-refractivity contribution in [2.45, 2.75) is 40.0 Å².